The molecule has 0 amide bonds. The molecule has 2 rings (SSSR count). The number of hydrogen-bond acceptors (Lipinski definition) is 4. The van der Waals surface area contributed by atoms with Gasteiger partial charge >= 0.3 is 0 Å². The highest BCUT2D eigenvalue weighted by Gasteiger charge is 2.29. The van der Waals surface area contributed by atoms with Crippen LogP contribution in [-0.2, 0) is 21.3 Å². The van der Waals surface area contributed by atoms with Gasteiger partial charge in [0.05, 0.1) is 11.0 Å². The van der Waals surface area contributed by atoms with Gasteiger partial charge in [0, 0.05) is 19.7 Å². The molecule has 21 heavy (non-hydrogen) atoms. The van der Waals surface area contributed by atoms with Gasteiger partial charge < -0.3 is 10.1 Å². The quantitative estimate of drug-likeness (QED) is 0.803. The van der Waals surface area contributed by atoms with Crippen LogP contribution in [0.2, 0.25) is 0 Å². The third-order valence-electron chi connectivity index (χ3n) is 3.87. The molecule has 1 aliphatic carbocycles. The number of sulfonamides is 1. The molecule has 0 aliphatic heterocycles. The monoisotopic (exact) mass is 312 g/mol. The minimum atomic E-state index is -3.48. The number of nitrogens with one attached hydrogen (secondary N) is 2. The van der Waals surface area contributed by atoms with E-state index in [1.807, 2.05) is 19.1 Å². The molecule has 1 fully saturated rings. The maximum atomic E-state index is 12.6. The summed E-state index contributed by atoms with van der Waals surface area (Å²) in [6.45, 7) is 3.36. The fourth-order valence-electron chi connectivity index (χ4n) is 2.72. The predicted molar refractivity (Wildman–Crippen MR) is 82.6 cm³/mol. The van der Waals surface area contributed by atoms with Crippen molar-refractivity contribution >= 4 is 10.0 Å². The Morgan fingerprint density at radius 3 is 2.71 bits per heavy atom. The minimum absolute atomic E-state index is 0.0351. The lowest BCUT2D eigenvalue weighted by molar-refractivity contribution is 0.107. The summed E-state index contributed by atoms with van der Waals surface area (Å²) in [5.74, 6) is 0. The lowest BCUT2D eigenvalue weighted by atomic mass is 10.2. The molecule has 0 aromatic heterocycles. The molecule has 1 aromatic rings. The Kier molecular flexibility index (Phi) is 5.75. The Hall–Kier alpha value is -0.950. The van der Waals surface area contributed by atoms with Crippen molar-refractivity contribution in [2.24, 2.45) is 0 Å². The molecule has 1 saturated carbocycles. The number of hydrogen-bond donors (Lipinski definition) is 2. The molecule has 2 atom stereocenters. The zero-order valence-electron chi connectivity index (χ0n) is 12.6. The Balaban J connectivity index is 2.12. The first-order chi connectivity index (χ1) is 10.1. The van der Waals surface area contributed by atoms with E-state index < -0.39 is 10.0 Å². The maximum Gasteiger partial charge on any atom is 0.241 e. The van der Waals surface area contributed by atoms with Gasteiger partial charge in [-0.3, -0.25) is 0 Å². The van der Waals surface area contributed by atoms with E-state index in [1.165, 1.54) is 0 Å². The third-order valence-corrected chi connectivity index (χ3v) is 5.49. The average Bonchev–Trinajstić information content (AvgIpc) is 2.92. The van der Waals surface area contributed by atoms with Gasteiger partial charge in [-0.15, -0.1) is 0 Å². The van der Waals surface area contributed by atoms with Crippen LogP contribution in [0.3, 0.4) is 0 Å². The second-order valence-electron chi connectivity index (χ2n) is 5.38. The molecule has 1 aromatic carbocycles. The molecular formula is C15H24N2O3S. The van der Waals surface area contributed by atoms with Crippen LogP contribution in [0.15, 0.2) is 29.2 Å². The largest absolute Gasteiger partial charge is 0.381 e. The van der Waals surface area contributed by atoms with Crippen molar-refractivity contribution in [2.45, 2.75) is 49.8 Å². The first-order valence-corrected chi connectivity index (χ1v) is 8.89. The van der Waals surface area contributed by atoms with Crippen molar-refractivity contribution in [1.29, 1.82) is 0 Å². The van der Waals surface area contributed by atoms with E-state index in [0.717, 1.165) is 31.4 Å². The lowest BCUT2D eigenvalue weighted by Gasteiger charge is -2.16. The topological polar surface area (TPSA) is 67.4 Å². The molecule has 2 N–H and O–H groups in total. The van der Waals surface area contributed by atoms with Crippen LogP contribution in [0, 0.1) is 0 Å². The standard InChI is InChI=1S/C15H24N2O3S/c1-3-16-11-12-6-4-5-7-15(12)21(18,19)17-13-8-9-14(10-13)20-2/h4-7,13-14,16-17H,3,8-11H2,1-2H3. The summed E-state index contributed by atoms with van der Waals surface area (Å²) in [5.41, 5.74) is 0.799. The number of benzene rings is 1. The molecule has 0 spiro atoms. The van der Waals surface area contributed by atoms with Crippen molar-refractivity contribution in [1.82, 2.24) is 10.0 Å². The molecule has 0 heterocycles. The highest BCUT2D eigenvalue weighted by atomic mass is 32.2. The molecule has 6 heteroatoms. The number of ether oxygens (including phenoxy) is 1. The summed E-state index contributed by atoms with van der Waals surface area (Å²) in [7, 11) is -1.81. The van der Waals surface area contributed by atoms with Gasteiger partial charge in [-0.05, 0) is 37.4 Å². The fraction of sp³-hybridized carbons (Fsp3) is 0.600. The van der Waals surface area contributed by atoms with Gasteiger partial charge in [0.15, 0.2) is 0 Å². The SMILES string of the molecule is CCNCc1ccccc1S(=O)(=O)NC1CCC(OC)C1. The zero-order valence-corrected chi connectivity index (χ0v) is 13.4. The summed E-state index contributed by atoms with van der Waals surface area (Å²) in [5, 5.41) is 3.17. The van der Waals surface area contributed by atoms with Gasteiger partial charge in [0.1, 0.15) is 0 Å². The molecular weight excluding hydrogens is 288 g/mol. The van der Waals surface area contributed by atoms with Gasteiger partial charge in [-0.2, -0.15) is 0 Å². The average molecular weight is 312 g/mol. The van der Waals surface area contributed by atoms with Crippen molar-refractivity contribution in [3.05, 3.63) is 29.8 Å². The van der Waals surface area contributed by atoms with E-state index in [4.69, 9.17) is 4.74 Å². The summed E-state index contributed by atoms with van der Waals surface area (Å²) < 4.78 is 33.3. The molecule has 118 valence electrons. The van der Waals surface area contributed by atoms with Crippen LogP contribution in [-0.4, -0.2) is 34.2 Å². The Labute approximate surface area is 127 Å². The summed E-state index contributed by atoms with van der Waals surface area (Å²) >= 11 is 0. The summed E-state index contributed by atoms with van der Waals surface area (Å²) in [6.07, 6.45) is 2.63. The number of methoxy groups -OCH3 is 1. The molecule has 0 bridgehead atoms. The first kappa shape index (κ1) is 16.4. The van der Waals surface area contributed by atoms with Crippen molar-refractivity contribution in [3.63, 3.8) is 0 Å². The molecule has 0 saturated heterocycles. The smallest absolute Gasteiger partial charge is 0.241 e. The van der Waals surface area contributed by atoms with E-state index in [1.54, 1.807) is 19.2 Å². The normalized spacial score (nSPS) is 22.6. The maximum absolute atomic E-state index is 12.6. The predicted octanol–water partition coefficient (Wildman–Crippen LogP) is 1.64. The summed E-state index contributed by atoms with van der Waals surface area (Å²) in [6, 6.07) is 7.10. The molecule has 2 unspecified atom stereocenters. The van der Waals surface area contributed by atoms with Crippen LogP contribution in [0.1, 0.15) is 31.7 Å². The highest BCUT2D eigenvalue weighted by Crippen LogP contribution is 2.24. The third kappa shape index (κ3) is 4.26. The second kappa shape index (κ2) is 7.35. The highest BCUT2D eigenvalue weighted by molar-refractivity contribution is 7.89. The van der Waals surface area contributed by atoms with Crippen molar-refractivity contribution in [3.8, 4) is 0 Å². The van der Waals surface area contributed by atoms with Crippen LogP contribution in [0.25, 0.3) is 0 Å². The Bertz CT molecular complexity index is 560. The Morgan fingerprint density at radius 1 is 1.29 bits per heavy atom. The summed E-state index contributed by atoms with van der Waals surface area (Å²) in [4.78, 5) is 0.367. The zero-order chi connectivity index (χ0) is 15.3. The van der Waals surface area contributed by atoms with Crippen LogP contribution in [0.5, 0.6) is 0 Å². The minimum Gasteiger partial charge on any atom is -0.381 e. The van der Waals surface area contributed by atoms with Crippen LogP contribution >= 0.6 is 0 Å². The van der Waals surface area contributed by atoms with E-state index in [0.29, 0.717) is 11.4 Å². The van der Waals surface area contributed by atoms with E-state index >= 15 is 0 Å². The van der Waals surface area contributed by atoms with E-state index in [2.05, 4.69) is 10.0 Å². The van der Waals surface area contributed by atoms with Gasteiger partial charge in [-0.1, -0.05) is 25.1 Å². The van der Waals surface area contributed by atoms with Gasteiger partial charge in [-0.25, -0.2) is 13.1 Å². The van der Waals surface area contributed by atoms with E-state index in [9.17, 15) is 8.42 Å². The lowest BCUT2D eigenvalue weighted by Crippen LogP contribution is -2.34. The molecule has 0 radical (unpaired) electrons. The fourth-order valence-corrected chi connectivity index (χ4v) is 4.24. The number of rotatable bonds is 7. The first-order valence-electron chi connectivity index (χ1n) is 7.40. The van der Waals surface area contributed by atoms with E-state index in [-0.39, 0.29) is 12.1 Å². The van der Waals surface area contributed by atoms with Gasteiger partial charge in [0.25, 0.3) is 0 Å². The van der Waals surface area contributed by atoms with Crippen molar-refractivity contribution in [2.75, 3.05) is 13.7 Å². The second-order valence-corrected chi connectivity index (χ2v) is 7.06. The van der Waals surface area contributed by atoms with Crippen LogP contribution < -0.4 is 10.0 Å². The molecule has 1 aliphatic rings. The molecule has 5 nitrogen and oxygen atoms in total. The van der Waals surface area contributed by atoms with Crippen LogP contribution in [0.4, 0.5) is 0 Å². The Morgan fingerprint density at radius 2 is 2.05 bits per heavy atom. The van der Waals surface area contributed by atoms with Crippen molar-refractivity contribution < 1.29 is 13.2 Å². The van der Waals surface area contributed by atoms with Gasteiger partial charge in [0.2, 0.25) is 10.0 Å².